The van der Waals surface area contributed by atoms with E-state index < -0.39 is 0 Å². The largest absolute Gasteiger partial charge is 0.496 e. The predicted octanol–water partition coefficient (Wildman–Crippen LogP) is 2.69. The third-order valence-electron chi connectivity index (χ3n) is 3.06. The molecule has 2 N–H and O–H groups in total. The summed E-state index contributed by atoms with van der Waals surface area (Å²) in [6.07, 6.45) is 1.49. The Morgan fingerprint density at radius 2 is 2.35 bits per heavy atom. The van der Waals surface area contributed by atoms with Crippen LogP contribution in [0.2, 0.25) is 0 Å². The van der Waals surface area contributed by atoms with Gasteiger partial charge in [-0.25, -0.2) is 0 Å². The fourth-order valence-electron chi connectivity index (χ4n) is 2.04. The van der Waals surface area contributed by atoms with E-state index in [1.165, 1.54) is 0 Å². The fraction of sp³-hybridized carbons (Fsp3) is 0.538. The summed E-state index contributed by atoms with van der Waals surface area (Å²) < 4.78 is 10.9. The molecule has 0 amide bonds. The summed E-state index contributed by atoms with van der Waals surface area (Å²) in [4.78, 5) is 0. The van der Waals surface area contributed by atoms with E-state index in [2.05, 4.69) is 6.92 Å². The lowest BCUT2D eigenvalue weighted by Crippen LogP contribution is -2.13. The van der Waals surface area contributed by atoms with Crippen LogP contribution in [0.25, 0.3) is 0 Å². The first-order valence-corrected chi connectivity index (χ1v) is 6.91. The monoisotopic (exact) mass is 253 g/mol. The van der Waals surface area contributed by atoms with E-state index in [1.54, 1.807) is 7.11 Å². The van der Waals surface area contributed by atoms with E-state index in [4.69, 9.17) is 15.2 Å². The zero-order chi connectivity index (χ0) is 12.3. The molecule has 0 bridgehead atoms. The number of nitrogen functional groups attached to an aromatic ring is 1. The second kappa shape index (κ2) is 5.65. The lowest BCUT2D eigenvalue weighted by Gasteiger charge is -2.15. The minimum absolute atomic E-state index is 0.354. The van der Waals surface area contributed by atoms with Crippen molar-refractivity contribution >= 4 is 17.4 Å². The number of anilines is 1. The van der Waals surface area contributed by atoms with Crippen LogP contribution in [0, 0.1) is 0 Å². The number of thioether (sulfide) groups is 1. The molecule has 1 aliphatic heterocycles. The van der Waals surface area contributed by atoms with Crippen LogP contribution in [-0.2, 0) is 10.5 Å². The van der Waals surface area contributed by atoms with Crippen molar-refractivity contribution in [3.8, 4) is 5.75 Å². The van der Waals surface area contributed by atoms with Crippen LogP contribution in [-0.4, -0.2) is 25.1 Å². The van der Waals surface area contributed by atoms with Gasteiger partial charge in [-0.3, -0.25) is 0 Å². The van der Waals surface area contributed by atoms with Gasteiger partial charge < -0.3 is 15.2 Å². The van der Waals surface area contributed by atoms with E-state index in [1.807, 2.05) is 30.0 Å². The zero-order valence-corrected chi connectivity index (χ0v) is 11.1. The van der Waals surface area contributed by atoms with Crippen LogP contribution < -0.4 is 10.5 Å². The van der Waals surface area contributed by atoms with Gasteiger partial charge in [0.1, 0.15) is 5.75 Å². The second-order valence-corrected chi connectivity index (χ2v) is 5.51. The number of nitrogens with two attached hydrogens (primary N) is 1. The smallest absolute Gasteiger partial charge is 0.123 e. The van der Waals surface area contributed by atoms with E-state index in [9.17, 15) is 0 Å². The molecule has 3 nitrogen and oxygen atoms in total. The first-order valence-electron chi connectivity index (χ1n) is 5.86. The number of rotatable bonds is 4. The van der Waals surface area contributed by atoms with Gasteiger partial charge in [-0.1, -0.05) is 0 Å². The molecular weight excluding hydrogens is 234 g/mol. The first kappa shape index (κ1) is 12.6. The van der Waals surface area contributed by atoms with Crippen molar-refractivity contribution in [1.82, 2.24) is 0 Å². The molecule has 17 heavy (non-hydrogen) atoms. The molecule has 2 atom stereocenters. The zero-order valence-electron chi connectivity index (χ0n) is 10.3. The van der Waals surface area contributed by atoms with E-state index in [-0.39, 0.29) is 0 Å². The Balaban J connectivity index is 2.00. The van der Waals surface area contributed by atoms with Crippen molar-refractivity contribution in [2.45, 2.75) is 30.5 Å². The topological polar surface area (TPSA) is 44.5 Å². The molecule has 0 radical (unpaired) electrons. The molecular formula is C13H19NO2S. The first-order chi connectivity index (χ1) is 8.20. The maximum atomic E-state index is 5.80. The molecule has 2 rings (SSSR count). The molecule has 1 aliphatic rings. The molecule has 1 aromatic carbocycles. The van der Waals surface area contributed by atoms with E-state index in [0.29, 0.717) is 11.4 Å². The number of methoxy groups -OCH3 is 1. The van der Waals surface area contributed by atoms with Crippen LogP contribution in [0.1, 0.15) is 18.9 Å². The summed E-state index contributed by atoms with van der Waals surface area (Å²) in [5.41, 5.74) is 7.76. The average Bonchev–Trinajstić information content (AvgIpc) is 2.72. The van der Waals surface area contributed by atoms with Gasteiger partial charge in [0.15, 0.2) is 0 Å². The lowest BCUT2D eigenvalue weighted by molar-refractivity contribution is 0.127. The number of benzene rings is 1. The Hall–Kier alpha value is -0.870. The maximum absolute atomic E-state index is 5.80. The van der Waals surface area contributed by atoms with Crippen LogP contribution in [0.3, 0.4) is 0 Å². The van der Waals surface area contributed by atoms with Crippen molar-refractivity contribution in [3.05, 3.63) is 23.8 Å². The molecule has 1 fully saturated rings. The van der Waals surface area contributed by atoms with E-state index in [0.717, 1.165) is 35.8 Å². The lowest BCUT2D eigenvalue weighted by atomic mass is 10.2. The summed E-state index contributed by atoms with van der Waals surface area (Å²) in [7, 11) is 1.70. The molecule has 0 aliphatic carbocycles. The second-order valence-electron chi connectivity index (χ2n) is 4.29. The van der Waals surface area contributed by atoms with Crippen LogP contribution >= 0.6 is 11.8 Å². The van der Waals surface area contributed by atoms with Crippen LogP contribution in [0.4, 0.5) is 5.69 Å². The number of hydrogen-bond donors (Lipinski definition) is 1. The van der Waals surface area contributed by atoms with Crippen molar-refractivity contribution in [3.63, 3.8) is 0 Å². The Bertz CT molecular complexity index is 384. The maximum Gasteiger partial charge on any atom is 0.123 e. The normalized spacial score (nSPS) is 23.9. The Morgan fingerprint density at radius 3 is 3.00 bits per heavy atom. The molecule has 2 unspecified atom stereocenters. The SMILES string of the molecule is COc1ccc(N)cc1CSC1CCOC1C. The Kier molecular flexibility index (Phi) is 4.18. The summed E-state index contributed by atoms with van der Waals surface area (Å²) in [6, 6.07) is 5.79. The van der Waals surface area contributed by atoms with Crippen molar-refractivity contribution in [2.24, 2.45) is 0 Å². The molecule has 0 saturated carbocycles. The quantitative estimate of drug-likeness (QED) is 0.838. The average molecular weight is 253 g/mol. The summed E-state index contributed by atoms with van der Waals surface area (Å²) in [6.45, 7) is 3.02. The van der Waals surface area contributed by atoms with E-state index >= 15 is 0 Å². The van der Waals surface area contributed by atoms with Gasteiger partial charge in [0.05, 0.1) is 13.2 Å². The molecule has 1 heterocycles. The highest BCUT2D eigenvalue weighted by atomic mass is 32.2. The van der Waals surface area contributed by atoms with Crippen molar-refractivity contribution in [2.75, 3.05) is 19.5 Å². The van der Waals surface area contributed by atoms with Gasteiger partial charge in [-0.15, -0.1) is 0 Å². The molecule has 94 valence electrons. The number of hydrogen-bond acceptors (Lipinski definition) is 4. The fourth-order valence-corrected chi connectivity index (χ4v) is 3.27. The Labute approximate surface area is 107 Å². The minimum Gasteiger partial charge on any atom is -0.496 e. The molecule has 1 aromatic rings. The number of ether oxygens (including phenoxy) is 2. The molecule has 4 heteroatoms. The summed E-state index contributed by atoms with van der Waals surface area (Å²) in [5, 5.41) is 0.584. The van der Waals surface area contributed by atoms with Gasteiger partial charge in [0.25, 0.3) is 0 Å². The van der Waals surface area contributed by atoms with Crippen molar-refractivity contribution < 1.29 is 9.47 Å². The standard InChI is InChI=1S/C13H19NO2S/c1-9-13(5-6-16-9)17-8-10-7-11(14)3-4-12(10)15-2/h3-4,7,9,13H,5-6,8,14H2,1-2H3. The van der Waals surface area contributed by atoms with Gasteiger partial charge >= 0.3 is 0 Å². The highest BCUT2D eigenvalue weighted by Gasteiger charge is 2.24. The molecule has 0 aromatic heterocycles. The Morgan fingerprint density at radius 1 is 1.53 bits per heavy atom. The van der Waals surface area contributed by atoms with Gasteiger partial charge in [-0.2, -0.15) is 11.8 Å². The van der Waals surface area contributed by atoms with Crippen molar-refractivity contribution in [1.29, 1.82) is 0 Å². The highest BCUT2D eigenvalue weighted by Crippen LogP contribution is 2.32. The van der Waals surface area contributed by atoms with Gasteiger partial charge in [0.2, 0.25) is 0 Å². The molecule has 0 spiro atoms. The van der Waals surface area contributed by atoms with Crippen LogP contribution in [0.15, 0.2) is 18.2 Å². The summed E-state index contributed by atoms with van der Waals surface area (Å²) >= 11 is 1.92. The summed E-state index contributed by atoms with van der Waals surface area (Å²) in [5.74, 6) is 1.84. The van der Waals surface area contributed by atoms with Gasteiger partial charge in [-0.05, 0) is 31.5 Å². The highest BCUT2D eigenvalue weighted by molar-refractivity contribution is 7.99. The van der Waals surface area contributed by atoms with Crippen LogP contribution in [0.5, 0.6) is 5.75 Å². The predicted molar refractivity (Wildman–Crippen MR) is 72.5 cm³/mol. The molecule has 1 saturated heterocycles. The third-order valence-corrected chi connectivity index (χ3v) is 4.59. The minimum atomic E-state index is 0.354. The van der Waals surface area contributed by atoms with Gasteiger partial charge in [0, 0.05) is 28.9 Å². The third kappa shape index (κ3) is 3.07.